The zero-order chi connectivity index (χ0) is 16.7. The summed E-state index contributed by atoms with van der Waals surface area (Å²) in [5.74, 6) is -2.42. The van der Waals surface area contributed by atoms with Crippen LogP contribution < -0.4 is 0 Å². The Bertz CT molecular complexity index is 337. The predicted molar refractivity (Wildman–Crippen MR) is 73.7 cm³/mol. The van der Waals surface area contributed by atoms with E-state index < -0.39 is 24.1 Å². The van der Waals surface area contributed by atoms with Gasteiger partial charge in [0.2, 0.25) is 0 Å². The lowest BCUT2D eigenvalue weighted by molar-refractivity contribution is -0.147. The van der Waals surface area contributed by atoms with Gasteiger partial charge in [0.05, 0.1) is 20.0 Å². The summed E-state index contributed by atoms with van der Waals surface area (Å²) in [6.07, 6.45) is 3.57. The molecule has 0 amide bonds. The number of hydrogen-bond donors (Lipinski definition) is 4. The lowest BCUT2D eigenvalue weighted by atomic mass is 10.2. The van der Waals surface area contributed by atoms with Crippen LogP contribution in [0.5, 0.6) is 0 Å². The Balaban J connectivity index is 0. The van der Waals surface area contributed by atoms with Gasteiger partial charge in [-0.05, 0) is 6.08 Å². The number of methoxy groups -OCH3 is 2. The molecule has 0 aromatic rings. The first-order chi connectivity index (χ1) is 9.86. The number of carboxylic acids is 2. The molecule has 2 atom stereocenters. The number of carbonyl (C=O) groups is 2. The van der Waals surface area contributed by atoms with E-state index >= 15 is 0 Å². The van der Waals surface area contributed by atoms with Crippen LogP contribution in [0.1, 0.15) is 12.8 Å². The minimum absolute atomic E-state index is 0.0726. The molecule has 8 heteroatoms. The molecule has 0 heterocycles. The van der Waals surface area contributed by atoms with Crippen LogP contribution in [0, 0.1) is 0 Å². The van der Waals surface area contributed by atoms with Crippen LogP contribution in [0.3, 0.4) is 0 Å². The van der Waals surface area contributed by atoms with Gasteiger partial charge in [-0.15, -0.1) is 0 Å². The highest BCUT2D eigenvalue weighted by Crippen LogP contribution is 1.93. The fourth-order valence-electron chi connectivity index (χ4n) is 0.872. The average molecular weight is 306 g/mol. The normalized spacial score (nSPS) is 13.5. The lowest BCUT2D eigenvalue weighted by Gasteiger charge is -1.98. The summed E-state index contributed by atoms with van der Waals surface area (Å²) in [6, 6.07) is 0. The lowest BCUT2D eigenvalue weighted by Crippen LogP contribution is -2.17. The number of carboxylic acid groups (broad SMARTS) is 2. The number of aliphatic carboxylic acids is 2. The highest BCUT2D eigenvalue weighted by molar-refractivity contribution is 5.72. The number of aliphatic hydroxyl groups excluding tert-OH is 2. The van der Waals surface area contributed by atoms with E-state index in [1.165, 1.54) is 26.6 Å². The minimum Gasteiger partial charge on any atom is -0.505 e. The summed E-state index contributed by atoms with van der Waals surface area (Å²) < 4.78 is 9.16. The van der Waals surface area contributed by atoms with Crippen LogP contribution >= 0.6 is 0 Å². The largest absolute Gasteiger partial charge is 0.505 e. The molecule has 21 heavy (non-hydrogen) atoms. The van der Waals surface area contributed by atoms with Gasteiger partial charge in [0, 0.05) is 20.0 Å². The van der Waals surface area contributed by atoms with Crippen molar-refractivity contribution in [3.63, 3.8) is 0 Å². The van der Waals surface area contributed by atoms with Gasteiger partial charge in [-0.3, -0.25) is 0 Å². The van der Waals surface area contributed by atoms with Gasteiger partial charge in [0.1, 0.15) is 0 Å². The van der Waals surface area contributed by atoms with E-state index in [0.717, 1.165) is 0 Å². The molecule has 8 nitrogen and oxygen atoms in total. The first kappa shape index (κ1) is 21.4. The number of ether oxygens (including phenoxy) is 2. The summed E-state index contributed by atoms with van der Waals surface area (Å²) in [7, 11) is 2.99. The first-order valence-corrected chi connectivity index (χ1v) is 6.00. The van der Waals surface area contributed by atoms with Crippen molar-refractivity contribution in [2.24, 2.45) is 0 Å². The van der Waals surface area contributed by atoms with Gasteiger partial charge in [-0.2, -0.15) is 0 Å². The Hall–Kier alpha value is -1.90. The predicted octanol–water partition coefficient (Wildman–Crippen LogP) is 0.00670. The molecule has 2 unspecified atom stereocenters. The Morgan fingerprint density at radius 2 is 1.43 bits per heavy atom. The van der Waals surface area contributed by atoms with Crippen LogP contribution in [-0.2, 0) is 19.1 Å². The van der Waals surface area contributed by atoms with E-state index in [2.05, 4.69) is 9.47 Å². The molecule has 0 saturated heterocycles. The van der Waals surface area contributed by atoms with E-state index in [4.69, 9.17) is 20.4 Å². The van der Waals surface area contributed by atoms with Gasteiger partial charge < -0.3 is 29.9 Å². The highest BCUT2D eigenvalue weighted by Gasteiger charge is 2.09. The Morgan fingerprint density at radius 3 is 1.81 bits per heavy atom. The van der Waals surface area contributed by atoms with Crippen LogP contribution in [0.15, 0.2) is 24.5 Å². The first-order valence-electron chi connectivity index (χ1n) is 6.00. The van der Waals surface area contributed by atoms with E-state index in [1.807, 2.05) is 0 Å². The summed E-state index contributed by atoms with van der Waals surface area (Å²) in [4.78, 5) is 20.0. The average Bonchev–Trinajstić information content (AvgIpc) is 2.44. The van der Waals surface area contributed by atoms with Crippen LogP contribution in [-0.4, -0.2) is 65.4 Å². The fourth-order valence-corrected chi connectivity index (χ4v) is 0.872. The van der Waals surface area contributed by atoms with Crippen molar-refractivity contribution in [2.75, 3.05) is 20.8 Å². The molecule has 0 spiro atoms. The van der Waals surface area contributed by atoms with Crippen molar-refractivity contribution in [1.29, 1.82) is 0 Å². The third kappa shape index (κ3) is 16.0. The molecule has 0 aromatic carbocycles. The Morgan fingerprint density at radius 1 is 0.952 bits per heavy atom. The van der Waals surface area contributed by atoms with Crippen molar-refractivity contribution in [1.82, 2.24) is 0 Å². The molecule has 0 saturated carbocycles. The maximum absolute atomic E-state index is 10.0. The van der Waals surface area contributed by atoms with Crippen molar-refractivity contribution in [3.05, 3.63) is 24.5 Å². The van der Waals surface area contributed by atoms with E-state index in [1.54, 1.807) is 12.2 Å². The van der Waals surface area contributed by atoms with E-state index in [9.17, 15) is 9.59 Å². The van der Waals surface area contributed by atoms with Crippen molar-refractivity contribution in [2.45, 2.75) is 25.0 Å². The van der Waals surface area contributed by atoms with Gasteiger partial charge in [-0.1, -0.05) is 12.2 Å². The van der Waals surface area contributed by atoms with E-state index in [-0.39, 0.29) is 12.8 Å². The van der Waals surface area contributed by atoms with Crippen LogP contribution in [0.2, 0.25) is 0 Å². The molecular weight excluding hydrogens is 284 g/mol. The summed E-state index contributed by atoms with van der Waals surface area (Å²) >= 11 is 0. The molecule has 0 aromatic heterocycles. The second-order valence-corrected chi connectivity index (χ2v) is 3.71. The zero-order valence-electron chi connectivity index (χ0n) is 12.0. The molecular formula is C13H22O8. The topological polar surface area (TPSA) is 134 Å². The second-order valence-electron chi connectivity index (χ2n) is 3.71. The SMILES string of the molecule is COC=CCC(O)C(=O)O.COCC=CCC(O)C(=O)O. The highest BCUT2D eigenvalue weighted by atomic mass is 16.5. The minimum atomic E-state index is -1.33. The quantitative estimate of drug-likeness (QED) is 0.346. The Kier molecular flexibility index (Phi) is 14.8. The molecule has 122 valence electrons. The summed E-state index contributed by atoms with van der Waals surface area (Å²) in [6.45, 7) is 0.437. The molecule has 0 rings (SSSR count). The molecule has 0 bridgehead atoms. The van der Waals surface area contributed by atoms with Crippen molar-refractivity contribution in [3.8, 4) is 0 Å². The zero-order valence-corrected chi connectivity index (χ0v) is 12.0. The number of aliphatic hydroxyl groups is 2. The van der Waals surface area contributed by atoms with Crippen LogP contribution in [0.4, 0.5) is 0 Å². The Labute approximate surface area is 122 Å². The van der Waals surface area contributed by atoms with E-state index in [0.29, 0.717) is 6.61 Å². The molecule has 0 aliphatic carbocycles. The summed E-state index contributed by atoms with van der Waals surface area (Å²) in [5, 5.41) is 33.8. The molecule has 0 aliphatic heterocycles. The van der Waals surface area contributed by atoms with Gasteiger partial charge in [-0.25, -0.2) is 9.59 Å². The smallest absolute Gasteiger partial charge is 0.332 e. The summed E-state index contributed by atoms with van der Waals surface area (Å²) in [5.41, 5.74) is 0. The third-order valence-electron chi connectivity index (χ3n) is 1.95. The van der Waals surface area contributed by atoms with Gasteiger partial charge >= 0.3 is 11.9 Å². The fraction of sp³-hybridized carbons (Fsp3) is 0.538. The van der Waals surface area contributed by atoms with Gasteiger partial charge in [0.15, 0.2) is 12.2 Å². The monoisotopic (exact) mass is 306 g/mol. The standard InChI is InChI=1S/C7H12O4.C6H10O4/c1-11-5-3-2-4-6(8)7(9)10;1-10-4-2-3-5(7)6(8)9/h2-3,6,8H,4-5H2,1H3,(H,9,10);2,4-5,7H,3H2,1H3,(H,8,9). The molecule has 0 aliphatic rings. The second kappa shape index (κ2) is 14.5. The molecule has 4 N–H and O–H groups in total. The van der Waals surface area contributed by atoms with Gasteiger partial charge in [0.25, 0.3) is 0 Å². The molecule has 0 fully saturated rings. The maximum atomic E-state index is 10.0. The molecule has 0 radical (unpaired) electrons. The third-order valence-corrected chi connectivity index (χ3v) is 1.95. The number of hydrogen-bond acceptors (Lipinski definition) is 6. The number of rotatable bonds is 9. The van der Waals surface area contributed by atoms with Crippen LogP contribution in [0.25, 0.3) is 0 Å². The maximum Gasteiger partial charge on any atom is 0.332 e. The van der Waals surface area contributed by atoms with Crippen molar-refractivity contribution >= 4 is 11.9 Å². The van der Waals surface area contributed by atoms with Crippen molar-refractivity contribution < 1.29 is 39.5 Å².